The fraction of sp³-hybridized carbons (Fsp3) is 0.200. The Bertz CT molecular complexity index is 924. The van der Waals surface area contributed by atoms with Gasteiger partial charge in [0.25, 0.3) is 0 Å². The van der Waals surface area contributed by atoms with Crippen LogP contribution in [0.25, 0.3) is 5.69 Å². The summed E-state index contributed by atoms with van der Waals surface area (Å²) in [4.78, 5) is 6.64. The van der Waals surface area contributed by atoms with Crippen LogP contribution in [0.15, 0.2) is 67.0 Å². The van der Waals surface area contributed by atoms with Crippen molar-refractivity contribution in [2.75, 3.05) is 6.54 Å². The van der Waals surface area contributed by atoms with Gasteiger partial charge in [0.05, 0.1) is 23.5 Å². The zero-order chi connectivity index (χ0) is 18.1. The van der Waals surface area contributed by atoms with Crippen LogP contribution in [0, 0.1) is 5.82 Å². The third kappa shape index (κ3) is 2.76. The van der Waals surface area contributed by atoms with Crippen molar-refractivity contribution in [3.63, 3.8) is 0 Å². The van der Waals surface area contributed by atoms with E-state index >= 15 is 0 Å². The highest BCUT2D eigenvalue weighted by atomic mass is 32.1. The Labute approximate surface area is 157 Å². The third-order valence-electron chi connectivity index (χ3n) is 4.73. The number of nitrogens with one attached hydrogen (secondary N) is 1. The third-order valence-corrected chi connectivity index (χ3v) is 5.09. The van der Waals surface area contributed by atoms with E-state index < -0.39 is 0 Å². The standard InChI is InChI=1S/C20H19FN4S/c1-2-24-19(18(23-20(24)26)15-9-5-6-12-22-15)17-11-7-13-25(17)16-10-4-3-8-14(16)21/h3-13,18-19H,2H2,1H3,(H,23,26). The molecular formula is C20H19FN4S. The molecule has 2 unspecified atom stereocenters. The first-order valence-electron chi connectivity index (χ1n) is 8.61. The van der Waals surface area contributed by atoms with E-state index in [-0.39, 0.29) is 17.9 Å². The molecule has 4 rings (SSSR count). The number of benzene rings is 1. The van der Waals surface area contributed by atoms with E-state index in [9.17, 15) is 4.39 Å². The topological polar surface area (TPSA) is 33.1 Å². The maximum absolute atomic E-state index is 14.4. The first kappa shape index (κ1) is 16.7. The van der Waals surface area contributed by atoms with E-state index in [1.165, 1.54) is 6.07 Å². The zero-order valence-electron chi connectivity index (χ0n) is 14.3. The fourth-order valence-corrected chi connectivity index (χ4v) is 3.94. The van der Waals surface area contributed by atoms with Crippen molar-refractivity contribution in [1.82, 2.24) is 19.8 Å². The number of halogens is 1. The van der Waals surface area contributed by atoms with E-state index in [4.69, 9.17) is 12.2 Å². The summed E-state index contributed by atoms with van der Waals surface area (Å²) < 4.78 is 16.3. The van der Waals surface area contributed by atoms with Crippen LogP contribution in [-0.4, -0.2) is 26.1 Å². The molecule has 1 N–H and O–H groups in total. The minimum Gasteiger partial charge on any atom is -0.352 e. The predicted octanol–water partition coefficient (Wildman–Crippen LogP) is 4.00. The highest BCUT2D eigenvalue weighted by molar-refractivity contribution is 7.80. The van der Waals surface area contributed by atoms with Gasteiger partial charge in [-0.2, -0.15) is 0 Å². The quantitative estimate of drug-likeness (QED) is 0.708. The highest BCUT2D eigenvalue weighted by Gasteiger charge is 2.40. The molecule has 2 atom stereocenters. The Balaban J connectivity index is 1.83. The van der Waals surface area contributed by atoms with Crippen molar-refractivity contribution in [2.45, 2.75) is 19.0 Å². The molecule has 1 aliphatic heterocycles. The minimum atomic E-state index is -0.254. The summed E-state index contributed by atoms with van der Waals surface area (Å²) in [7, 11) is 0. The number of likely N-dealkylation sites (N-methyl/N-ethyl adjacent to an activating group) is 1. The van der Waals surface area contributed by atoms with Gasteiger partial charge in [0, 0.05) is 24.6 Å². The van der Waals surface area contributed by atoms with Crippen LogP contribution in [0.2, 0.25) is 0 Å². The molecule has 0 saturated carbocycles. The van der Waals surface area contributed by atoms with Gasteiger partial charge < -0.3 is 14.8 Å². The summed E-state index contributed by atoms with van der Waals surface area (Å²) in [5, 5.41) is 4.08. The summed E-state index contributed by atoms with van der Waals surface area (Å²) in [6.45, 7) is 2.82. The average Bonchev–Trinajstić information content (AvgIpc) is 3.26. The number of thiocarbonyl (C=S) groups is 1. The molecule has 2 aromatic heterocycles. The number of hydrogen-bond donors (Lipinski definition) is 1. The van der Waals surface area contributed by atoms with E-state index in [1.807, 2.05) is 47.2 Å². The smallest absolute Gasteiger partial charge is 0.170 e. The van der Waals surface area contributed by atoms with Crippen molar-refractivity contribution in [1.29, 1.82) is 0 Å². The van der Waals surface area contributed by atoms with Crippen LogP contribution in [-0.2, 0) is 0 Å². The highest BCUT2D eigenvalue weighted by Crippen LogP contribution is 2.39. The van der Waals surface area contributed by atoms with Crippen LogP contribution >= 0.6 is 12.2 Å². The summed E-state index contributed by atoms with van der Waals surface area (Å²) in [6.07, 6.45) is 3.67. The van der Waals surface area contributed by atoms with Crippen molar-refractivity contribution in [2.24, 2.45) is 0 Å². The Morgan fingerprint density at radius 3 is 2.65 bits per heavy atom. The van der Waals surface area contributed by atoms with Crippen LogP contribution in [0.3, 0.4) is 0 Å². The van der Waals surface area contributed by atoms with Gasteiger partial charge in [0.15, 0.2) is 5.11 Å². The first-order chi connectivity index (χ1) is 12.7. The van der Waals surface area contributed by atoms with Crippen LogP contribution in [0.5, 0.6) is 0 Å². The molecule has 0 amide bonds. The molecule has 1 saturated heterocycles. The van der Waals surface area contributed by atoms with Gasteiger partial charge in [0.1, 0.15) is 5.82 Å². The molecule has 3 heterocycles. The van der Waals surface area contributed by atoms with Gasteiger partial charge in [-0.1, -0.05) is 18.2 Å². The van der Waals surface area contributed by atoms with Crippen LogP contribution in [0.1, 0.15) is 30.4 Å². The number of pyridine rings is 1. The molecule has 1 aliphatic rings. The molecule has 132 valence electrons. The van der Waals surface area contributed by atoms with Gasteiger partial charge in [-0.25, -0.2) is 4.39 Å². The molecular weight excluding hydrogens is 347 g/mol. The van der Waals surface area contributed by atoms with Gasteiger partial charge in [-0.15, -0.1) is 0 Å². The second-order valence-electron chi connectivity index (χ2n) is 6.17. The number of aromatic nitrogens is 2. The average molecular weight is 366 g/mol. The van der Waals surface area contributed by atoms with Crippen molar-refractivity contribution in [3.8, 4) is 5.69 Å². The van der Waals surface area contributed by atoms with Crippen LogP contribution in [0.4, 0.5) is 4.39 Å². The van der Waals surface area contributed by atoms with Crippen LogP contribution < -0.4 is 5.32 Å². The lowest BCUT2D eigenvalue weighted by molar-refractivity contribution is 0.320. The Morgan fingerprint density at radius 1 is 1.12 bits per heavy atom. The molecule has 1 aromatic carbocycles. The van der Waals surface area contributed by atoms with Gasteiger partial charge in [-0.3, -0.25) is 4.98 Å². The SMILES string of the molecule is CCN1C(=S)NC(c2ccccn2)C1c1cccn1-c1ccccc1F. The molecule has 26 heavy (non-hydrogen) atoms. The number of hydrogen-bond acceptors (Lipinski definition) is 2. The Morgan fingerprint density at radius 2 is 1.92 bits per heavy atom. The zero-order valence-corrected chi connectivity index (χ0v) is 15.2. The summed E-state index contributed by atoms with van der Waals surface area (Å²) >= 11 is 5.56. The second kappa shape index (κ2) is 6.88. The summed E-state index contributed by atoms with van der Waals surface area (Å²) in [5.74, 6) is -0.254. The molecule has 0 spiro atoms. The molecule has 1 fully saturated rings. The van der Waals surface area contributed by atoms with Gasteiger partial charge >= 0.3 is 0 Å². The largest absolute Gasteiger partial charge is 0.352 e. The van der Waals surface area contributed by atoms with Crippen molar-refractivity contribution >= 4 is 17.3 Å². The van der Waals surface area contributed by atoms with Gasteiger partial charge in [-0.05, 0) is 55.5 Å². The Kier molecular flexibility index (Phi) is 4.42. The lowest BCUT2D eigenvalue weighted by Crippen LogP contribution is -2.30. The molecule has 6 heteroatoms. The maximum atomic E-state index is 14.4. The van der Waals surface area contributed by atoms with Gasteiger partial charge in [0.2, 0.25) is 0 Å². The number of nitrogens with zero attached hydrogens (tertiary/aromatic N) is 3. The minimum absolute atomic E-state index is 0.0722. The monoisotopic (exact) mass is 366 g/mol. The van der Waals surface area contributed by atoms with E-state index in [2.05, 4.69) is 22.1 Å². The summed E-state index contributed by atoms with van der Waals surface area (Å²) in [5.41, 5.74) is 2.41. The van der Waals surface area contributed by atoms with Crippen molar-refractivity contribution < 1.29 is 4.39 Å². The number of para-hydroxylation sites is 1. The molecule has 3 aromatic rings. The molecule has 0 aliphatic carbocycles. The fourth-order valence-electron chi connectivity index (χ4n) is 3.57. The van der Waals surface area contributed by atoms with Crippen molar-refractivity contribution in [3.05, 3.63) is 84.2 Å². The molecule has 4 nitrogen and oxygen atoms in total. The second-order valence-corrected chi connectivity index (χ2v) is 6.55. The first-order valence-corrected chi connectivity index (χ1v) is 9.01. The normalized spacial score (nSPS) is 19.6. The predicted molar refractivity (Wildman–Crippen MR) is 104 cm³/mol. The van der Waals surface area contributed by atoms with E-state index in [0.29, 0.717) is 10.8 Å². The lowest BCUT2D eigenvalue weighted by Gasteiger charge is -2.28. The maximum Gasteiger partial charge on any atom is 0.170 e. The molecule has 0 radical (unpaired) electrons. The van der Waals surface area contributed by atoms with E-state index in [0.717, 1.165) is 17.9 Å². The lowest BCUT2D eigenvalue weighted by atomic mass is 10.0. The Hall–Kier alpha value is -2.73. The summed E-state index contributed by atoms with van der Waals surface area (Å²) in [6, 6.07) is 16.4. The molecule has 0 bridgehead atoms. The van der Waals surface area contributed by atoms with E-state index in [1.54, 1.807) is 18.3 Å². The number of rotatable bonds is 4.